The molecule has 3 rings (SSSR count). The minimum absolute atomic E-state index is 0.133. The van der Waals surface area contributed by atoms with E-state index in [9.17, 15) is 9.59 Å². The third-order valence-electron chi connectivity index (χ3n) is 4.98. The first-order valence-corrected chi connectivity index (χ1v) is 9.05. The first-order chi connectivity index (χ1) is 11.8. The maximum atomic E-state index is 13.1. The van der Waals surface area contributed by atoms with Crippen LogP contribution in [0.4, 0.5) is 4.79 Å². The van der Waals surface area contributed by atoms with Gasteiger partial charge in [0.15, 0.2) is 0 Å². The third-order valence-corrected chi connectivity index (χ3v) is 4.98. The molecule has 0 unspecified atom stereocenters. The molecule has 3 heterocycles. The summed E-state index contributed by atoms with van der Waals surface area (Å²) in [6.45, 7) is 10.2. The molecular weight excluding hydrogens is 320 g/mol. The predicted octanol–water partition coefficient (Wildman–Crippen LogP) is 2.26. The van der Waals surface area contributed by atoms with Gasteiger partial charge in [0, 0.05) is 25.3 Å². The summed E-state index contributed by atoms with van der Waals surface area (Å²) in [5, 5.41) is 4.26. The smallest absolute Gasteiger partial charge is 0.410 e. The Labute approximate surface area is 148 Å². The van der Waals surface area contributed by atoms with Crippen LogP contribution in [0.2, 0.25) is 0 Å². The maximum Gasteiger partial charge on any atom is 0.410 e. The van der Waals surface area contributed by atoms with Gasteiger partial charge >= 0.3 is 6.09 Å². The monoisotopic (exact) mass is 348 g/mol. The minimum atomic E-state index is -0.529. The number of piperidine rings is 1. The fourth-order valence-electron chi connectivity index (χ4n) is 3.66. The Morgan fingerprint density at radius 1 is 1.24 bits per heavy atom. The first kappa shape index (κ1) is 17.8. The summed E-state index contributed by atoms with van der Waals surface area (Å²) in [5.41, 5.74) is 0.533. The van der Waals surface area contributed by atoms with E-state index >= 15 is 0 Å². The third kappa shape index (κ3) is 3.80. The molecule has 25 heavy (non-hydrogen) atoms. The second-order valence-corrected chi connectivity index (χ2v) is 7.97. The quantitative estimate of drug-likeness (QED) is 0.781. The van der Waals surface area contributed by atoms with Crippen molar-refractivity contribution in [2.45, 2.75) is 65.3 Å². The van der Waals surface area contributed by atoms with Crippen molar-refractivity contribution in [3.63, 3.8) is 0 Å². The Balaban J connectivity index is 1.67. The van der Waals surface area contributed by atoms with Crippen molar-refractivity contribution in [2.24, 2.45) is 5.92 Å². The summed E-state index contributed by atoms with van der Waals surface area (Å²) >= 11 is 0. The highest BCUT2D eigenvalue weighted by atomic mass is 16.6. The van der Waals surface area contributed by atoms with Gasteiger partial charge in [-0.15, -0.1) is 0 Å². The summed E-state index contributed by atoms with van der Waals surface area (Å²) in [4.78, 5) is 29.1. The predicted molar refractivity (Wildman–Crippen MR) is 92.8 cm³/mol. The highest BCUT2D eigenvalue weighted by molar-refractivity contribution is 5.81. The molecule has 138 valence electrons. The zero-order valence-corrected chi connectivity index (χ0v) is 15.6. The maximum absolute atomic E-state index is 13.1. The van der Waals surface area contributed by atoms with Gasteiger partial charge in [-0.05, 0) is 46.6 Å². The van der Waals surface area contributed by atoms with Crippen molar-refractivity contribution in [1.82, 2.24) is 19.6 Å². The normalized spacial score (nSPS) is 24.0. The number of hydrogen-bond acceptors (Lipinski definition) is 4. The van der Waals surface area contributed by atoms with Crippen molar-refractivity contribution < 1.29 is 14.3 Å². The van der Waals surface area contributed by atoms with Crippen LogP contribution in [-0.4, -0.2) is 56.3 Å². The van der Waals surface area contributed by atoms with Crippen molar-refractivity contribution in [3.05, 3.63) is 18.0 Å². The molecular formula is C18H28N4O3. The molecule has 2 aliphatic heterocycles. The van der Waals surface area contributed by atoms with Crippen LogP contribution >= 0.6 is 0 Å². The Hall–Kier alpha value is -2.05. The number of carbonyl (C=O) groups excluding carboxylic acids is 2. The molecule has 0 saturated carbocycles. The number of fused-ring (bicyclic) bond motifs is 1. The van der Waals surface area contributed by atoms with Crippen LogP contribution in [0, 0.1) is 5.92 Å². The van der Waals surface area contributed by atoms with E-state index in [1.54, 1.807) is 11.1 Å². The van der Waals surface area contributed by atoms with E-state index < -0.39 is 5.60 Å². The summed E-state index contributed by atoms with van der Waals surface area (Å²) in [5.74, 6) is -0.0380. The summed E-state index contributed by atoms with van der Waals surface area (Å²) in [6.07, 6.45) is 3.09. The molecule has 0 bridgehead atoms. The van der Waals surface area contributed by atoms with Gasteiger partial charge in [0.2, 0.25) is 5.91 Å². The van der Waals surface area contributed by atoms with Crippen LogP contribution in [0.3, 0.4) is 0 Å². The summed E-state index contributed by atoms with van der Waals surface area (Å²) < 4.78 is 7.45. The number of hydrogen-bond donors (Lipinski definition) is 0. The Morgan fingerprint density at radius 3 is 2.72 bits per heavy atom. The zero-order valence-electron chi connectivity index (χ0n) is 15.6. The van der Waals surface area contributed by atoms with Crippen molar-refractivity contribution in [3.8, 4) is 0 Å². The number of likely N-dealkylation sites (tertiary alicyclic amines) is 1. The van der Waals surface area contributed by atoms with Crippen molar-refractivity contribution in [2.75, 3.05) is 13.1 Å². The Morgan fingerprint density at radius 2 is 2.00 bits per heavy atom. The molecule has 1 aromatic heterocycles. The molecule has 7 heteroatoms. The molecule has 2 atom stereocenters. The fraction of sp³-hybridized carbons (Fsp3) is 0.722. The zero-order chi connectivity index (χ0) is 18.2. The minimum Gasteiger partial charge on any atom is -0.444 e. The van der Waals surface area contributed by atoms with E-state index in [-0.39, 0.29) is 24.0 Å². The molecule has 1 aromatic rings. The molecule has 1 fully saturated rings. The number of rotatable bonds is 1. The number of carbonyl (C=O) groups is 2. The lowest BCUT2D eigenvalue weighted by Crippen LogP contribution is -2.54. The molecule has 0 aliphatic carbocycles. The van der Waals surface area contributed by atoms with E-state index in [0.29, 0.717) is 19.6 Å². The van der Waals surface area contributed by atoms with Crippen LogP contribution in [0.25, 0.3) is 0 Å². The molecule has 0 spiro atoms. The van der Waals surface area contributed by atoms with Gasteiger partial charge in [0.25, 0.3) is 0 Å². The lowest BCUT2D eigenvalue weighted by Gasteiger charge is -2.41. The van der Waals surface area contributed by atoms with E-state index in [1.807, 2.05) is 43.3 Å². The topological polar surface area (TPSA) is 67.7 Å². The van der Waals surface area contributed by atoms with Crippen LogP contribution in [0.5, 0.6) is 0 Å². The summed E-state index contributed by atoms with van der Waals surface area (Å²) in [7, 11) is 0. The second kappa shape index (κ2) is 6.69. The lowest BCUT2D eigenvalue weighted by atomic mass is 9.89. The average Bonchev–Trinajstić information content (AvgIpc) is 3.00. The van der Waals surface area contributed by atoms with Crippen LogP contribution in [-0.2, 0) is 22.6 Å². The first-order valence-electron chi connectivity index (χ1n) is 9.05. The number of ether oxygens (including phenoxy) is 1. The van der Waals surface area contributed by atoms with Crippen molar-refractivity contribution >= 4 is 12.0 Å². The highest BCUT2D eigenvalue weighted by Crippen LogP contribution is 2.28. The van der Waals surface area contributed by atoms with E-state index in [4.69, 9.17) is 4.74 Å². The molecule has 1 saturated heterocycles. The molecule has 0 N–H and O–H groups in total. The molecule has 0 aromatic carbocycles. The van der Waals surface area contributed by atoms with Crippen LogP contribution in [0.15, 0.2) is 12.3 Å². The molecule has 7 nitrogen and oxygen atoms in total. The summed E-state index contributed by atoms with van der Waals surface area (Å²) in [6, 6.07) is 1.81. The SMILES string of the molecule is C[C@@H]1[C@H](C(=O)N2CCn3nccc3C2)CCCN1C(=O)OC(C)(C)C. The van der Waals surface area contributed by atoms with E-state index in [1.165, 1.54) is 0 Å². The van der Waals surface area contributed by atoms with E-state index in [2.05, 4.69) is 5.10 Å². The van der Waals surface area contributed by atoms with Gasteiger partial charge in [-0.3, -0.25) is 9.48 Å². The van der Waals surface area contributed by atoms with Gasteiger partial charge in [-0.1, -0.05) is 0 Å². The standard InChI is InChI=1S/C18H28N4O3/c1-13-15(6-5-9-21(13)17(24)25-18(2,3)4)16(23)20-10-11-22-14(12-20)7-8-19-22/h7-8,13,15H,5-6,9-12H2,1-4H3/t13-,15-/m1/s1. The lowest BCUT2D eigenvalue weighted by molar-refractivity contribution is -0.140. The second-order valence-electron chi connectivity index (χ2n) is 7.97. The van der Waals surface area contributed by atoms with Crippen LogP contribution in [0.1, 0.15) is 46.2 Å². The van der Waals surface area contributed by atoms with E-state index in [0.717, 1.165) is 25.1 Å². The Bertz CT molecular complexity index is 649. The molecule has 0 radical (unpaired) electrons. The number of aromatic nitrogens is 2. The van der Waals surface area contributed by atoms with Gasteiger partial charge < -0.3 is 14.5 Å². The van der Waals surface area contributed by atoms with Gasteiger partial charge in [0.1, 0.15) is 5.60 Å². The molecule has 2 amide bonds. The average molecular weight is 348 g/mol. The Kier molecular flexibility index (Phi) is 4.75. The van der Waals surface area contributed by atoms with Gasteiger partial charge in [0.05, 0.1) is 24.7 Å². The number of nitrogens with zero attached hydrogens (tertiary/aromatic N) is 4. The fourth-order valence-corrected chi connectivity index (χ4v) is 3.66. The van der Waals surface area contributed by atoms with Crippen molar-refractivity contribution in [1.29, 1.82) is 0 Å². The van der Waals surface area contributed by atoms with Crippen LogP contribution < -0.4 is 0 Å². The van der Waals surface area contributed by atoms with Gasteiger partial charge in [-0.25, -0.2) is 4.79 Å². The molecule has 2 aliphatic rings. The highest BCUT2D eigenvalue weighted by Gasteiger charge is 2.39. The van der Waals surface area contributed by atoms with Gasteiger partial charge in [-0.2, -0.15) is 5.10 Å². The largest absolute Gasteiger partial charge is 0.444 e. The number of amides is 2.